The van der Waals surface area contributed by atoms with Gasteiger partial charge in [-0.25, -0.2) is 4.98 Å². The Hall–Kier alpha value is -2.35. The van der Waals surface area contributed by atoms with Crippen molar-refractivity contribution in [3.63, 3.8) is 0 Å². The first-order valence-electron chi connectivity index (χ1n) is 7.89. The SMILES string of the molecule is CCCn1c(/C=C/c2ccccc2)nc2cc(C)c(C)cc21. The lowest BCUT2D eigenvalue weighted by Crippen LogP contribution is -1.99. The summed E-state index contributed by atoms with van der Waals surface area (Å²) in [6.45, 7) is 7.51. The first-order valence-corrected chi connectivity index (χ1v) is 7.89. The van der Waals surface area contributed by atoms with Gasteiger partial charge in [-0.3, -0.25) is 0 Å². The van der Waals surface area contributed by atoms with Crippen LogP contribution < -0.4 is 0 Å². The van der Waals surface area contributed by atoms with Gasteiger partial charge in [0.15, 0.2) is 0 Å². The number of aryl methyl sites for hydroxylation is 3. The van der Waals surface area contributed by atoms with E-state index in [0.717, 1.165) is 24.3 Å². The number of benzene rings is 2. The molecule has 0 saturated carbocycles. The van der Waals surface area contributed by atoms with Crippen LogP contribution in [0.4, 0.5) is 0 Å². The van der Waals surface area contributed by atoms with Crippen molar-refractivity contribution in [1.29, 1.82) is 0 Å². The summed E-state index contributed by atoms with van der Waals surface area (Å²) >= 11 is 0. The predicted molar refractivity (Wildman–Crippen MR) is 94.9 cm³/mol. The van der Waals surface area contributed by atoms with Gasteiger partial charge in [-0.2, -0.15) is 0 Å². The third kappa shape index (κ3) is 2.82. The molecule has 3 aromatic rings. The Morgan fingerprint density at radius 1 is 1.00 bits per heavy atom. The van der Waals surface area contributed by atoms with Crippen molar-refractivity contribution < 1.29 is 0 Å². The van der Waals surface area contributed by atoms with Gasteiger partial charge in [0.1, 0.15) is 5.82 Å². The van der Waals surface area contributed by atoms with Gasteiger partial charge in [0.05, 0.1) is 11.0 Å². The molecule has 22 heavy (non-hydrogen) atoms. The van der Waals surface area contributed by atoms with Crippen LogP contribution >= 0.6 is 0 Å². The molecule has 0 radical (unpaired) electrons. The van der Waals surface area contributed by atoms with Crippen LogP contribution in [-0.2, 0) is 6.54 Å². The van der Waals surface area contributed by atoms with E-state index in [1.54, 1.807) is 0 Å². The van der Waals surface area contributed by atoms with Gasteiger partial charge in [-0.15, -0.1) is 0 Å². The van der Waals surface area contributed by atoms with Crippen molar-refractivity contribution in [3.05, 3.63) is 65.0 Å². The van der Waals surface area contributed by atoms with E-state index in [1.165, 1.54) is 22.2 Å². The number of imidazole rings is 1. The third-order valence-electron chi connectivity index (χ3n) is 4.06. The maximum atomic E-state index is 4.82. The zero-order valence-corrected chi connectivity index (χ0v) is 13.5. The smallest absolute Gasteiger partial charge is 0.133 e. The molecule has 2 heteroatoms. The first-order chi connectivity index (χ1) is 10.7. The highest BCUT2D eigenvalue weighted by Crippen LogP contribution is 2.22. The molecular formula is C20H22N2. The minimum Gasteiger partial charge on any atom is -0.324 e. The molecule has 0 fully saturated rings. The molecular weight excluding hydrogens is 268 g/mol. The molecule has 2 aromatic carbocycles. The first kappa shape index (κ1) is 14.6. The molecule has 0 aliphatic rings. The van der Waals surface area contributed by atoms with Gasteiger partial charge >= 0.3 is 0 Å². The predicted octanol–water partition coefficient (Wildman–Crippen LogP) is 5.23. The van der Waals surface area contributed by atoms with Crippen LogP contribution in [0.2, 0.25) is 0 Å². The summed E-state index contributed by atoms with van der Waals surface area (Å²) in [5, 5.41) is 0. The summed E-state index contributed by atoms with van der Waals surface area (Å²) in [7, 11) is 0. The summed E-state index contributed by atoms with van der Waals surface area (Å²) in [6.07, 6.45) is 5.35. The standard InChI is InChI=1S/C20H22N2/c1-4-12-22-19-14-16(3)15(2)13-18(19)21-20(22)11-10-17-8-6-5-7-9-17/h5-11,13-14H,4,12H2,1-3H3/b11-10+. The molecule has 0 unspecified atom stereocenters. The number of hydrogen-bond acceptors (Lipinski definition) is 1. The highest BCUT2D eigenvalue weighted by molar-refractivity contribution is 5.81. The van der Waals surface area contributed by atoms with E-state index in [0.29, 0.717) is 0 Å². The number of aromatic nitrogens is 2. The highest BCUT2D eigenvalue weighted by atomic mass is 15.1. The normalized spacial score (nSPS) is 11.6. The summed E-state index contributed by atoms with van der Waals surface area (Å²) < 4.78 is 2.32. The Kier molecular flexibility index (Phi) is 4.10. The summed E-state index contributed by atoms with van der Waals surface area (Å²) in [6, 6.07) is 14.8. The number of hydrogen-bond donors (Lipinski definition) is 0. The molecule has 0 bridgehead atoms. The Morgan fingerprint density at radius 3 is 2.45 bits per heavy atom. The van der Waals surface area contributed by atoms with Gasteiger partial charge in [0.25, 0.3) is 0 Å². The van der Waals surface area contributed by atoms with Gasteiger partial charge in [-0.1, -0.05) is 43.3 Å². The van der Waals surface area contributed by atoms with Crippen LogP contribution in [0.3, 0.4) is 0 Å². The Balaban J connectivity index is 2.08. The fourth-order valence-corrected chi connectivity index (χ4v) is 2.72. The molecule has 0 atom stereocenters. The molecule has 0 spiro atoms. The number of fused-ring (bicyclic) bond motifs is 1. The van der Waals surface area contributed by atoms with Crippen LogP contribution in [0.25, 0.3) is 23.2 Å². The van der Waals surface area contributed by atoms with Crippen molar-refractivity contribution in [3.8, 4) is 0 Å². The maximum Gasteiger partial charge on any atom is 0.133 e. The fraction of sp³-hybridized carbons (Fsp3) is 0.250. The second-order valence-electron chi connectivity index (χ2n) is 5.79. The third-order valence-corrected chi connectivity index (χ3v) is 4.06. The van der Waals surface area contributed by atoms with Gasteiger partial charge in [0, 0.05) is 6.54 Å². The molecule has 2 nitrogen and oxygen atoms in total. The fourth-order valence-electron chi connectivity index (χ4n) is 2.72. The minimum absolute atomic E-state index is 0.994. The van der Waals surface area contributed by atoms with E-state index in [1.807, 2.05) is 6.07 Å². The molecule has 112 valence electrons. The quantitative estimate of drug-likeness (QED) is 0.643. The van der Waals surface area contributed by atoms with Crippen molar-refractivity contribution in [2.75, 3.05) is 0 Å². The van der Waals surface area contributed by atoms with Crippen molar-refractivity contribution in [2.45, 2.75) is 33.7 Å². The van der Waals surface area contributed by atoms with Crippen LogP contribution in [0.1, 0.15) is 35.9 Å². The van der Waals surface area contributed by atoms with Crippen molar-refractivity contribution >= 4 is 23.2 Å². The van der Waals surface area contributed by atoms with Crippen molar-refractivity contribution in [2.24, 2.45) is 0 Å². The van der Waals surface area contributed by atoms with Crippen LogP contribution in [0.15, 0.2) is 42.5 Å². The van der Waals surface area contributed by atoms with E-state index in [4.69, 9.17) is 4.98 Å². The average molecular weight is 290 g/mol. The molecule has 1 aromatic heterocycles. The van der Waals surface area contributed by atoms with Crippen LogP contribution in [0.5, 0.6) is 0 Å². The summed E-state index contributed by atoms with van der Waals surface area (Å²) in [4.78, 5) is 4.82. The second kappa shape index (κ2) is 6.18. The van der Waals surface area contributed by atoms with Crippen molar-refractivity contribution in [1.82, 2.24) is 9.55 Å². The maximum absolute atomic E-state index is 4.82. The second-order valence-corrected chi connectivity index (χ2v) is 5.79. The summed E-state index contributed by atoms with van der Waals surface area (Å²) in [5.41, 5.74) is 6.14. The van der Waals surface area contributed by atoms with Crippen LogP contribution in [0, 0.1) is 13.8 Å². The van der Waals surface area contributed by atoms with Crippen LogP contribution in [-0.4, -0.2) is 9.55 Å². The molecule has 1 heterocycles. The zero-order valence-electron chi connectivity index (χ0n) is 13.5. The number of nitrogens with zero attached hydrogens (tertiary/aromatic N) is 2. The summed E-state index contributed by atoms with van der Waals surface area (Å²) in [5.74, 6) is 1.03. The Bertz CT molecular complexity index is 811. The molecule has 3 rings (SSSR count). The van der Waals surface area contributed by atoms with E-state index in [-0.39, 0.29) is 0 Å². The molecule has 0 saturated heterocycles. The number of rotatable bonds is 4. The topological polar surface area (TPSA) is 17.8 Å². The lowest BCUT2D eigenvalue weighted by Gasteiger charge is -2.06. The monoisotopic (exact) mass is 290 g/mol. The molecule has 0 N–H and O–H groups in total. The van der Waals surface area contributed by atoms with E-state index < -0.39 is 0 Å². The molecule has 0 aliphatic heterocycles. The largest absolute Gasteiger partial charge is 0.324 e. The zero-order chi connectivity index (χ0) is 15.5. The molecule has 0 amide bonds. The van der Waals surface area contributed by atoms with E-state index >= 15 is 0 Å². The van der Waals surface area contributed by atoms with Gasteiger partial charge in [-0.05, 0) is 55.2 Å². The highest BCUT2D eigenvalue weighted by Gasteiger charge is 2.09. The van der Waals surface area contributed by atoms with E-state index in [9.17, 15) is 0 Å². The minimum atomic E-state index is 0.994. The lowest BCUT2D eigenvalue weighted by molar-refractivity contribution is 0.691. The van der Waals surface area contributed by atoms with Gasteiger partial charge < -0.3 is 4.57 Å². The van der Waals surface area contributed by atoms with Gasteiger partial charge in [0.2, 0.25) is 0 Å². The Morgan fingerprint density at radius 2 is 1.73 bits per heavy atom. The van der Waals surface area contributed by atoms with E-state index in [2.05, 4.69) is 73.9 Å². The Labute approximate surface area is 132 Å². The molecule has 0 aliphatic carbocycles. The average Bonchev–Trinajstić information content (AvgIpc) is 2.84. The lowest BCUT2D eigenvalue weighted by atomic mass is 10.1.